The Hall–Kier alpha value is -0.240. The highest BCUT2D eigenvalue weighted by Crippen LogP contribution is 2.22. The third kappa shape index (κ3) is 6.48. The highest BCUT2D eigenvalue weighted by molar-refractivity contribution is 4.88. The first-order valence-corrected chi connectivity index (χ1v) is 8.54. The molecule has 0 saturated carbocycles. The molecule has 6 heteroatoms. The van der Waals surface area contributed by atoms with Crippen LogP contribution in [0.4, 0.5) is 0 Å². The molecule has 1 fully saturated rings. The fourth-order valence-electron chi connectivity index (χ4n) is 2.64. The van der Waals surface area contributed by atoms with E-state index in [0.29, 0.717) is 6.61 Å². The standard InChI is InChI=1S/C16H32O6/c1-2-3-4-5-6-7-8-9-10-21-16-15(20)14(19)13(18)12(11-17)22-16/h12-20H,2-11H2,1H3/t12-,13+,14+,15+,16+/m0/s1. The minimum atomic E-state index is -1.37. The SMILES string of the molecule is CCCCCCCCCCO[C@@H]1O[C@@H](CO)[C@@H](O)[C@@H](O)[C@H]1O. The van der Waals surface area contributed by atoms with Crippen LogP contribution < -0.4 is 0 Å². The number of unbranched alkanes of at least 4 members (excludes halogenated alkanes) is 7. The van der Waals surface area contributed by atoms with Crippen LogP contribution in [0.25, 0.3) is 0 Å². The number of aliphatic hydroxyl groups excluding tert-OH is 4. The first-order chi connectivity index (χ1) is 10.6. The third-order valence-corrected chi connectivity index (χ3v) is 4.13. The van der Waals surface area contributed by atoms with Crippen molar-refractivity contribution >= 4 is 0 Å². The van der Waals surface area contributed by atoms with Gasteiger partial charge in [0, 0.05) is 6.61 Å². The minimum Gasteiger partial charge on any atom is -0.394 e. The zero-order valence-electron chi connectivity index (χ0n) is 13.6. The highest BCUT2D eigenvalue weighted by atomic mass is 16.7. The summed E-state index contributed by atoms with van der Waals surface area (Å²) in [5.41, 5.74) is 0. The van der Waals surface area contributed by atoms with Crippen molar-refractivity contribution < 1.29 is 29.9 Å². The maximum atomic E-state index is 9.80. The fourth-order valence-corrected chi connectivity index (χ4v) is 2.64. The second kappa shape index (κ2) is 11.3. The van der Waals surface area contributed by atoms with Crippen LogP contribution in [0.3, 0.4) is 0 Å². The van der Waals surface area contributed by atoms with Crippen LogP contribution in [-0.4, -0.2) is 64.3 Å². The van der Waals surface area contributed by atoms with Crippen molar-refractivity contribution in [3.8, 4) is 0 Å². The van der Waals surface area contributed by atoms with Crippen molar-refractivity contribution in [1.82, 2.24) is 0 Å². The summed E-state index contributed by atoms with van der Waals surface area (Å²) in [6.07, 6.45) is 3.58. The van der Waals surface area contributed by atoms with E-state index >= 15 is 0 Å². The normalized spacial score (nSPS) is 32.3. The molecule has 0 spiro atoms. The molecule has 0 amide bonds. The lowest BCUT2D eigenvalue weighted by molar-refractivity contribution is -0.301. The molecule has 6 nitrogen and oxygen atoms in total. The Morgan fingerprint density at radius 2 is 1.41 bits per heavy atom. The highest BCUT2D eigenvalue weighted by Gasteiger charge is 2.43. The number of ether oxygens (including phenoxy) is 2. The van der Waals surface area contributed by atoms with Gasteiger partial charge in [0.1, 0.15) is 24.4 Å². The van der Waals surface area contributed by atoms with E-state index in [4.69, 9.17) is 14.6 Å². The van der Waals surface area contributed by atoms with Gasteiger partial charge >= 0.3 is 0 Å². The summed E-state index contributed by atoms with van der Waals surface area (Å²) in [6, 6.07) is 0. The van der Waals surface area contributed by atoms with Crippen LogP contribution in [0.15, 0.2) is 0 Å². The maximum absolute atomic E-state index is 9.80. The number of hydrogen-bond acceptors (Lipinski definition) is 6. The van der Waals surface area contributed by atoms with E-state index < -0.39 is 37.3 Å². The summed E-state index contributed by atoms with van der Waals surface area (Å²) >= 11 is 0. The maximum Gasteiger partial charge on any atom is 0.186 e. The van der Waals surface area contributed by atoms with Crippen LogP contribution in [0.1, 0.15) is 58.3 Å². The molecule has 1 aliphatic rings. The molecule has 132 valence electrons. The van der Waals surface area contributed by atoms with Gasteiger partial charge in [0.05, 0.1) is 6.61 Å². The molecule has 0 aromatic carbocycles. The molecular formula is C16H32O6. The summed E-state index contributed by atoms with van der Waals surface area (Å²) in [5.74, 6) is 0. The molecular weight excluding hydrogens is 288 g/mol. The molecule has 1 heterocycles. The van der Waals surface area contributed by atoms with Crippen molar-refractivity contribution in [1.29, 1.82) is 0 Å². The summed E-state index contributed by atoms with van der Waals surface area (Å²) in [4.78, 5) is 0. The summed E-state index contributed by atoms with van der Waals surface area (Å²) in [7, 11) is 0. The van der Waals surface area contributed by atoms with E-state index in [1.165, 1.54) is 38.5 Å². The van der Waals surface area contributed by atoms with Crippen LogP contribution in [-0.2, 0) is 9.47 Å². The summed E-state index contributed by atoms with van der Waals surface area (Å²) in [6.45, 7) is 2.20. The Bertz CT molecular complexity index is 273. The van der Waals surface area contributed by atoms with Gasteiger partial charge in [-0.15, -0.1) is 0 Å². The average molecular weight is 320 g/mol. The summed E-state index contributed by atoms with van der Waals surface area (Å²) < 4.78 is 10.7. The minimum absolute atomic E-state index is 0.428. The smallest absolute Gasteiger partial charge is 0.186 e. The molecule has 0 aliphatic carbocycles. The Morgan fingerprint density at radius 1 is 0.818 bits per heavy atom. The molecule has 0 aromatic rings. The zero-order valence-corrected chi connectivity index (χ0v) is 13.6. The second-order valence-electron chi connectivity index (χ2n) is 6.04. The van der Waals surface area contributed by atoms with Gasteiger partial charge in [0.15, 0.2) is 6.29 Å². The Kier molecular flexibility index (Phi) is 10.2. The van der Waals surface area contributed by atoms with E-state index in [1.54, 1.807) is 0 Å². The van der Waals surface area contributed by atoms with E-state index in [-0.39, 0.29) is 0 Å². The molecule has 5 atom stereocenters. The van der Waals surface area contributed by atoms with Crippen molar-refractivity contribution in [2.75, 3.05) is 13.2 Å². The largest absolute Gasteiger partial charge is 0.394 e. The molecule has 1 rings (SSSR count). The monoisotopic (exact) mass is 320 g/mol. The quantitative estimate of drug-likeness (QED) is 0.423. The van der Waals surface area contributed by atoms with Gasteiger partial charge in [0.2, 0.25) is 0 Å². The van der Waals surface area contributed by atoms with Crippen LogP contribution in [0.2, 0.25) is 0 Å². The lowest BCUT2D eigenvalue weighted by Gasteiger charge is -2.39. The van der Waals surface area contributed by atoms with E-state index in [1.807, 2.05) is 0 Å². The lowest BCUT2D eigenvalue weighted by atomic mass is 9.99. The molecule has 0 aromatic heterocycles. The second-order valence-corrected chi connectivity index (χ2v) is 6.04. The predicted molar refractivity (Wildman–Crippen MR) is 82.3 cm³/mol. The van der Waals surface area contributed by atoms with Gasteiger partial charge in [0.25, 0.3) is 0 Å². The van der Waals surface area contributed by atoms with Gasteiger partial charge in [-0.05, 0) is 6.42 Å². The lowest BCUT2D eigenvalue weighted by Crippen LogP contribution is -2.59. The van der Waals surface area contributed by atoms with Crippen LogP contribution in [0, 0.1) is 0 Å². The van der Waals surface area contributed by atoms with Gasteiger partial charge < -0.3 is 29.9 Å². The molecule has 1 saturated heterocycles. The van der Waals surface area contributed by atoms with E-state index in [0.717, 1.165) is 12.8 Å². The van der Waals surface area contributed by atoms with E-state index in [2.05, 4.69) is 6.92 Å². The molecule has 0 radical (unpaired) electrons. The van der Waals surface area contributed by atoms with Crippen LogP contribution in [0.5, 0.6) is 0 Å². The Morgan fingerprint density at radius 3 is 2.00 bits per heavy atom. The molecule has 22 heavy (non-hydrogen) atoms. The zero-order chi connectivity index (χ0) is 16.4. The topological polar surface area (TPSA) is 99.4 Å². The van der Waals surface area contributed by atoms with Gasteiger partial charge in [-0.3, -0.25) is 0 Å². The van der Waals surface area contributed by atoms with E-state index in [9.17, 15) is 15.3 Å². The molecule has 4 N–H and O–H groups in total. The number of aliphatic hydroxyl groups is 4. The predicted octanol–water partition coefficient (Wildman–Crippen LogP) is 0.944. The fraction of sp³-hybridized carbons (Fsp3) is 1.00. The number of hydrogen-bond donors (Lipinski definition) is 4. The Labute approximate surface area is 133 Å². The first-order valence-electron chi connectivity index (χ1n) is 8.54. The average Bonchev–Trinajstić information content (AvgIpc) is 2.53. The summed E-state index contributed by atoms with van der Waals surface area (Å²) in [5, 5.41) is 38.2. The van der Waals surface area contributed by atoms with Crippen molar-refractivity contribution in [3.63, 3.8) is 0 Å². The molecule has 0 bridgehead atoms. The third-order valence-electron chi connectivity index (χ3n) is 4.13. The Balaban J connectivity index is 2.11. The van der Waals surface area contributed by atoms with Crippen LogP contribution >= 0.6 is 0 Å². The van der Waals surface area contributed by atoms with Gasteiger partial charge in [-0.2, -0.15) is 0 Å². The molecule has 1 aliphatic heterocycles. The first kappa shape index (κ1) is 19.8. The van der Waals surface area contributed by atoms with Crippen molar-refractivity contribution in [2.45, 2.75) is 89.0 Å². The van der Waals surface area contributed by atoms with Gasteiger partial charge in [-0.1, -0.05) is 51.9 Å². The number of rotatable bonds is 11. The van der Waals surface area contributed by atoms with Crippen molar-refractivity contribution in [3.05, 3.63) is 0 Å². The van der Waals surface area contributed by atoms with Gasteiger partial charge in [-0.25, -0.2) is 0 Å². The van der Waals surface area contributed by atoms with Crippen molar-refractivity contribution in [2.24, 2.45) is 0 Å². The molecule has 0 unspecified atom stereocenters.